The summed E-state index contributed by atoms with van der Waals surface area (Å²) in [5.41, 5.74) is 4.75. The smallest absolute Gasteiger partial charge is 0.271 e. The number of hydrazone groups is 1. The van der Waals surface area contributed by atoms with Crippen molar-refractivity contribution < 1.29 is 14.8 Å². The predicted molar refractivity (Wildman–Crippen MR) is 111 cm³/mol. The maximum absolute atomic E-state index is 12.1. The second-order valence-electron chi connectivity index (χ2n) is 6.16. The number of phenols is 1. The van der Waals surface area contributed by atoms with Gasteiger partial charge in [-0.1, -0.05) is 35.9 Å². The molecule has 0 aromatic heterocycles. The van der Waals surface area contributed by atoms with Crippen molar-refractivity contribution in [2.24, 2.45) is 5.10 Å². The normalized spacial score (nSPS) is 10.8. The molecule has 3 rings (SSSR count). The Morgan fingerprint density at radius 3 is 2.55 bits per heavy atom. The van der Waals surface area contributed by atoms with E-state index in [1.165, 1.54) is 30.5 Å². The summed E-state index contributed by atoms with van der Waals surface area (Å²) in [6.07, 6.45) is 1.91. The van der Waals surface area contributed by atoms with Gasteiger partial charge >= 0.3 is 0 Å². The fraction of sp³-hybridized carbons (Fsp3) is 0.0476. The van der Waals surface area contributed by atoms with Crippen molar-refractivity contribution in [3.8, 4) is 5.75 Å². The lowest BCUT2D eigenvalue weighted by molar-refractivity contribution is -0.384. The second-order valence-corrected chi connectivity index (χ2v) is 6.57. The van der Waals surface area contributed by atoms with Crippen LogP contribution in [0.5, 0.6) is 5.75 Å². The Bertz CT molecular complexity index is 1080. The van der Waals surface area contributed by atoms with Crippen LogP contribution in [0.4, 0.5) is 5.69 Å². The van der Waals surface area contributed by atoms with E-state index in [-0.39, 0.29) is 17.0 Å². The van der Waals surface area contributed by atoms with Crippen LogP contribution in [0.1, 0.15) is 27.0 Å². The molecule has 7 nitrogen and oxygen atoms in total. The van der Waals surface area contributed by atoms with E-state index in [1.807, 2.05) is 24.3 Å². The van der Waals surface area contributed by atoms with Crippen LogP contribution in [-0.2, 0) is 6.42 Å². The van der Waals surface area contributed by atoms with E-state index in [4.69, 9.17) is 11.6 Å². The van der Waals surface area contributed by atoms with Crippen LogP contribution in [0.15, 0.2) is 71.8 Å². The lowest BCUT2D eigenvalue weighted by atomic mass is 10.0. The van der Waals surface area contributed by atoms with Gasteiger partial charge in [0.2, 0.25) is 0 Å². The maximum Gasteiger partial charge on any atom is 0.271 e. The summed E-state index contributed by atoms with van der Waals surface area (Å²) < 4.78 is 0. The quantitative estimate of drug-likeness (QED) is 0.359. The highest BCUT2D eigenvalue weighted by molar-refractivity contribution is 6.31. The van der Waals surface area contributed by atoms with E-state index in [9.17, 15) is 20.0 Å². The predicted octanol–water partition coefficient (Wildman–Crippen LogP) is 4.31. The van der Waals surface area contributed by atoms with Gasteiger partial charge in [0.05, 0.1) is 11.1 Å². The number of nitrogens with one attached hydrogen (secondary N) is 1. The molecule has 0 aliphatic rings. The molecule has 146 valence electrons. The van der Waals surface area contributed by atoms with Crippen molar-refractivity contribution in [3.63, 3.8) is 0 Å². The number of amides is 1. The SMILES string of the molecule is O=C(N/N=C/c1cc(Cc2ccccc2Cl)ccc1O)c1ccc([N+](=O)[O-])cc1. The number of nitro groups is 1. The molecule has 3 aromatic carbocycles. The summed E-state index contributed by atoms with van der Waals surface area (Å²) in [6.45, 7) is 0. The molecule has 0 fully saturated rings. The minimum Gasteiger partial charge on any atom is -0.507 e. The van der Waals surface area contributed by atoms with Crippen LogP contribution in [0.3, 0.4) is 0 Å². The van der Waals surface area contributed by atoms with Crippen LogP contribution in [0.25, 0.3) is 0 Å². The number of rotatable bonds is 6. The zero-order valence-corrected chi connectivity index (χ0v) is 15.8. The highest BCUT2D eigenvalue weighted by Crippen LogP contribution is 2.22. The van der Waals surface area contributed by atoms with Gasteiger partial charge in [-0.2, -0.15) is 5.10 Å². The van der Waals surface area contributed by atoms with Crippen molar-refractivity contribution in [1.29, 1.82) is 0 Å². The van der Waals surface area contributed by atoms with Crippen molar-refractivity contribution >= 4 is 29.4 Å². The summed E-state index contributed by atoms with van der Waals surface area (Å²) in [5, 5.41) is 25.2. The topological polar surface area (TPSA) is 105 Å². The molecule has 3 aromatic rings. The fourth-order valence-electron chi connectivity index (χ4n) is 2.64. The summed E-state index contributed by atoms with van der Waals surface area (Å²) in [6, 6.07) is 17.7. The van der Waals surface area contributed by atoms with Gasteiger partial charge in [-0.25, -0.2) is 5.43 Å². The molecule has 29 heavy (non-hydrogen) atoms. The van der Waals surface area contributed by atoms with Crippen molar-refractivity contribution in [2.45, 2.75) is 6.42 Å². The van der Waals surface area contributed by atoms with Crippen LogP contribution >= 0.6 is 11.6 Å². The van der Waals surface area contributed by atoms with Crippen LogP contribution < -0.4 is 5.43 Å². The number of carbonyl (C=O) groups excluding carboxylic acids is 1. The van der Waals surface area contributed by atoms with Crippen molar-refractivity contribution in [2.75, 3.05) is 0 Å². The molecule has 0 saturated heterocycles. The van der Waals surface area contributed by atoms with Gasteiger partial charge in [-0.15, -0.1) is 0 Å². The number of nitrogens with zero attached hydrogens (tertiary/aromatic N) is 2. The number of phenolic OH excluding ortho intramolecular Hbond substituents is 1. The Morgan fingerprint density at radius 2 is 1.86 bits per heavy atom. The standard InChI is InChI=1S/C21H16ClN3O4/c22-19-4-2-1-3-16(19)11-14-5-10-20(26)17(12-14)13-23-24-21(27)15-6-8-18(9-7-15)25(28)29/h1-10,12-13,26H,11H2,(H,24,27)/b23-13+. The molecule has 8 heteroatoms. The molecule has 0 radical (unpaired) electrons. The molecular weight excluding hydrogens is 394 g/mol. The average molecular weight is 410 g/mol. The van der Waals surface area contributed by atoms with E-state index in [0.717, 1.165) is 11.1 Å². The van der Waals surface area contributed by atoms with Gasteiger partial charge in [-0.05, 0) is 47.9 Å². The highest BCUT2D eigenvalue weighted by atomic mass is 35.5. The van der Waals surface area contributed by atoms with E-state index in [1.54, 1.807) is 18.2 Å². The molecular formula is C21H16ClN3O4. The third kappa shape index (κ3) is 5.18. The summed E-state index contributed by atoms with van der Waals surface area (Å²) in [4.78, 5) is 22.2. The minimum absolute atomic E-state index is 0.0150. The first kappa shape index (κ1) is 20.0. The minimum atomic E-state index is -0.543. The number of hydrogen-bond acceptors (Lipinski definition) is 5. The Labute approximate surface area is 171 Å². The van der Waals surface area contributed by atoms with E-state index >= 15 is 0 Å². The Hall–Kier alpha value is -3.71. The molecule has 0 spiro atoms. The van der Waals surface area contributed by atoms with Crippen molar-refractivity contribution in [3.05, 3.63) is 104 Å². The van der Waals surface area contributed by atoms with Crippen LogP contribution in [0.2, 0.25) is 5.02 Å². The number of carbonyl (C=O) groups is 1. The molecule has 0 unspecified atom stereocenters. The van der Waals surface area contributed by atoms with Gasteiger partial charge in [-0.3, -0.25) is 14.9 Å². The molecule has 2 N–H and O–H groups in total. The van der Waals surface area contributed by atoms with Crippen molar-refractivity contribution in [1.82, 2.24) is 5.43 Å². The fourth-order valence-corrected chi connectivity index (χ4v) is 2.84. The molecule has 0 heterocycles. The van der Waals surface area contributed by atoms with Crippen LogP contribution in [0, 0.1) is 10.1 Å². The third-order valence-electron chi connectivity index (χ3n) is 4.15. The van der Waals surface area contributed by atoms with Gasteiger partial charge in [0.15, 0.2) is 0 Å². The molecule has 0 aliphatic heterocycles. The van der Waals surface area contributed by atoms with E-state index in [2.05, 4.69) is 10.5 Å². The first-order chi connectivity index (χ1) is 13.9. The lowest BCUT2D eigenvalue weighted by Crippen LogP contribution is -2.17. The number of hydrogen-bond donors (Lipinski definition) is 2. The number of halogens is 1. The second kappa shape index (κ2) is 8.99. The number of benzene rings is 3. The molecule has 1 amide bonds. The number of nitro benzene ring substituents is 1. The molecule has 0 saturated carbocycles. The van der Waals surface area contributed by atoms with E-state index in [0.29, 0.717) is 17.0 Å². The number of non-ortho nitro benzene ring substituents is 1. The number of aromatic hydroxyl groups is 1. The maximum atomic E-state index is 12.1. The summed E-state index contributed by atoms with van der Waals surface area (Å²) in [5.74, 6) is -0.510. The lowest BCUT2D eigenvalue weighted by Gasteiger charge is -2.07. The van der Waals surface area contributed by atoms with Gasteiger partial charge < -0.3 is 5.11 Å². The molecule has 0 aliphatic carbocycles. The Balaban J connectivity index is 1.69. The van der Waals surface area contributed by atoms with E-state index < -0.39 is 10.8 Å². The average Bonchev–Trinajstić information content (AvgIpc) is 2.72. The molecule has 0 atom stereocenters. The summed E-state index contributed by atoms with van der Waals surface area (Å²) >= 11 is 6.19. The third-order valence-corrected chi connectivity index (χ3v) is 4.52. The summed E-state index contributed by atoms with van der Waals surface area (Å²) in [7, 11) is 0. The Morgan fingerprint density at radius 1 is 1.14 bits per heavy atom. The van der Waals surface area contributed by atoms with Crippen LogP contribution in [-0.4, -0.2) is 22.2 Å². The zero-order chi connectivity index (χ0) is 20.8. The zero-order valence-electron chi connectivity index (χ0n) is 15.1. The first-order valence-electron chi connectivity index (χ1n) is 8.57. The molecule has 0 bridgehead atoms. The largest absolute Gasteiger partial charge is 0.507 e. The Kier molecular flexibility index (Phi) is 6.21. The van der Waals surface area contributed by atoms with Gasteiger partial charge in [0.1, 0.15) is 5.75 Å². The highest BCUT2D eigenvalue weighted by Gasteiger charge is 2.09. The van der Waals surface area contributed by atoms with Gasteiger partial charge in [0, 0.05) is 28.3 Å². The monoisotopic (exact) mass is 409 g/mol. The first-order valence-corrected chi connectivity index (χ1v) is 8.95. The van der Waals surface area contributed by atoms with Gasteiger partial charge in [0.25, 0.3) is 11.6 Å².